The summed E-state index contributed by atoms with van der Waals surface area (Å²) < 4.78 is 10.5. The Morgan fingerprint density at radius 3 is 2.56 bits per heavy atom. The molecule has 0 saturated carbocycles. The first kappa shape index (κ1) is 12.7. The largest absolute Gasteiger partial charge is 0.497 e. The Bertz CT molecular complexity index is 498. The van der Waals surface area contributed by atoms with Crippen molar-refractivity contribution >= 4 is 17.6 Å². The monoisotopic (exact) mass is 267 g/mol. The molecule has 0 bridgehead atoms. The van der Waals surface area contributed by atoms with Gasteiger partial charge in [0.2, 0.25) is 5.89 Å². The summed E-state index contributed by atoms with van der Waals surface area (Å²) in [7, 11) is 3.53. The highest BCUT2D eigenvalue weighted by Gasteiger charge is 2.10. The molecule has 0 fully saturated rings. The van der Waals surface area contributed by atoms with E-state index in [0.29, 0.717) is 18.5 Å². The highest BCUT2D eigenvalue weighted by molar-refractivity contribution is 6.16. The van der Waals surface area contributed by atoms with E-state index < -0.39 is 0 Å². The number of hydrogen-bond donors (Lipinski definition) is 0. The van der Waals surface area contributed by atoms with E-state index in [0.717, 1.165) is 11.3 Å². The highest BCUT2D eigenvalue weighted by atomic mass is 35.5. The van der Waals surface area contributed by atoms with E-state index in [-0.39, 0.29) is 5.88 Å². The minimum atomic E-state index is 0.226. The maximum atomic E-state index is 5.61. The summed E-state index contributed by atoms with van der Waals surface area (Å²) in [6, 6.07) is 8.28. The summed E-state index contributed by atoms with van der Waals surface area (Å²) in [5.74, 6) is 1.49. The lowest BCUT2D eigenvalue weighted by Gasteiger charge is -2.13. The Kier molecular flexibility index (Phi) is 4.04. The van der Waals surface area contributed by atoms with Crippen LogP contribution in [0.2, 0.25) is 0 Å². The topological polar surface area (TPSA) is 51.4 Å². The molecule has 5 nitrogen and oxygen atoms in total. The zero-order valence-corrected chi connectivity index (χ0v) is 11.0. The quantitative estimate of drug-likeness (QED) is 0.779. The fraction of sp³-hybridized carbons (Fsp3) is 0.333. The molecule has 18 heavy (non-hydrogen) atoms. The smallest absolute Gasteiger partial charge is 0.318 e. The molecule has 1 aromatic heterocycles. The standard InChI is InChI=1S/C12H14ClN3O2/c1-16(12-15-14-11(7-13)18-12)8-9-3-5-10(17-2)6-4-9/h3-6H,7-8H2,1-2H3. The van der Waals surface area contributed by atoms with Crippen molar-refractivity contribution < 1.29 is 9.15 Å². The van der Waals surface area contributed by atoms with Crippen molar-refractivity contribution in [3.63, 3.8) is 0 Å². The van der Waals surface area contributed by atoms with Gasteiger partial charge in [0.15, 0.2) is 0 Å². The van der Waals surface area contributed by atoms with Gasteiger partial charge in [-0.15, -0.1) is 16.7 Å². The zero-order valence-electron chi connectivity index (χ0n) is 10.3. The first-order valence-electron chi connectivity index (χ1n) is 5.45. The first-order valence-corrected chi connectivity index (χ1v) is 5.99. The van der Waals surface area contributed by atoms with Crippen LogP contribution in [0, 0.1) is 0 Å². The van der Waals surface area contributed by atoms with E-state index in [1.165, 1.54) is 0 Å². The van der Waals surface area contributed by atoms with Crippen LogP contribution in [0.4, 0.5) is 6.01 Å². The van der Waals surface area contributed by atoms with Gasteiger partial charge in [0.1, 0.15) is 11.6 Å². The third-order valence-electron chi connectivity index (χ3n) is 2.48. The second-order valence-corrected chi connectivity index (χ2v) is 4.08. The molecule has 0 N–H and O–H groups in total. The van der Waals surface area contributed by atoms with Crippen molar-refractivity contribution in [2.75, 3.05) is 19.1 Å². The van der Waals surface area contributed by atoms with Crippen LogP contribution in [-0.4, -0.2) is 24.4 Å². The van der Waals surface area contributed by atoms with Crippen molar-refractivity contribution in [1.29, 1.82) is 0 Å². The zero-order chi connectivity index (χ0) is 13.0. The van der Waals surface area contributed by atoms with Gasteiger partial charge in [-0.05, 0) is 17.7 Å². The van der Waals surface area contributed by atoms with E-state index in [9.17, 15) is 0 Å². The maximum absolute atomic E-state index is 5.61. The van der Waals surface area contributed by atoms with Gasteiger partial charge in [0, 0.05) is 13.6 Å². The molecular formula is C12H14ClN3O2. The molecule has 2 aromatic rings. The predicted molar refractivity (Wildman–Crippen MR) is 69.0 cm³/mol. The molecule has 0 spiro atoms. The number of nitrogens with zero attached hydrogens (tertiary/aromatic N) is 3. The van der Waals surface area contributed by atoms with E-state index in [2.05, 4.69) is 10.2 Å². The van der Waals surface area contributed by atoms with Gasteiger partial charge in [-0.3, -0.25) is 0 Å². The van der Waals surface area contributed by atoms with E-state index in [1.54, 1.807) is 7.11 Å². The van der Waals surface area contributed by atoms with Crippen molar-refractivity contribution in [2.45, 2.75) is 12.4 Å². The van der Waals surface area contributed by atoms with Crippen LogP contribution in [0.1, 0.15) is 11.5 Å². The van der Waals surface area contributed by atoms with Crippen molar-refractivity contribution in [2.24, 2.45) is 0 Å². The minimum Gasteiger partial charge on any atom is -0.497 e. The Balaban J connectivity index is 2.03. The molecule has 0 aliphatic heterocycles. The summed E-state index contributed by atoms with van der Waals surface area (Å²) in [5.41, 5.74) is 1.13. The van der Waals surface area contributed by atoms with Crippen molar-refractivity contribution in [3.8, 4) is 5.75 Å². The van der Waals surface area contributed by atoms with Crippen LogP contribution in [0.5, 0.6) is 5.75 Å². The normalized spacial score (nSPS) is 10.4. The third-order valence-corrected chi connectivity index (χ3v) is 2.70. The van der Waals surface area contributed by atoms with E-state index >= 15 is 0 Å². The number of anilines is 1. The second kappa shape index (κ2) is 5.73. The number of ether oxygens (including phenoxy) is 1. The number of aromatic nitrogens is 2. The number of alkyl halides is 1. The minimum absolute atomic E-state index is 0.226. The average Bonchev–Trinajstić information content (AvgIpc) is 2.88. The lowest BCUT2D eigenvalue weighted by atomic mass is 10.2. The Morgan fingerprint density at radius 2 is 2.00 bits per heavy atom. The molecule has 1 heterocycles. The van der Waals surface area contributed by atoms with Gasteiger partial charge in [-0.1, -0.05) is 17.2 Å². The predicted octanol–water partition coefficient (Wildman–Crippen LogP) is 2.45. The molecule has 0 aliphatic rings. The molecule has 0 unspecified atom stereocenters. The molecule has 96 valence electrons. The Labute approximate surface area is 110 Å². The van der Waals surface area contributed by atoms with Crippen molar-refractivity contribution in [1.82, 2.24) is 10.2 Å². The van der Waals surface area contributed by atoms with Gasteiger partial charge in [0.05, 0.1) is 7.11 Å². The molecule has 0 atom stereocenters. The lowest BCUT2D eigenvalue weighted by molar-refractivity contribution is 0.414. The molecule has 0 radical (unpaired) electrons. The number of halogens is 1. The highest BCUT2D eigenvalue weighted by Crippen LogP contribution is 2.17. The summed E-state index contributed by atoms with van der Waals surface area (Å²) in [6.07, 6.45) is 0. The molecule has 2 rings (SSSR count). The van der Waals surface area contributed by atoms with Crippen LogP contribution >= 0.6 is 11.6 Å². The van der Waals surface area contributed by atoms with Gasteiger partial charge >= 0.3 is 6.01 Å². The van der Waals surface area contributed by atoms with Crippen LogP contribution in [-0.2, 0) is 12.4 Å². The Morgan fingerprint density at radius 1 is 1.28 bits per heavy atom. The molecule has 1 aromatic carbocycles. The van der Waals surface area contributed by atoms with Gasteiger partial charge in [-0.25, -0.2) is 0 Å². The SMILES string of the molecule is COc1ccc(CN(C)c2nnc(CCl)o2)cc1. The number of hydrogen-bond acceptors (Lipinski definition) is 5. The number of rotatable bonds is 5. The fourth-order valence-corrected chi connectivity index (χ4v) is 1.63. The number of benzene rings is 1. The fourth-order valence-electron chi connectivity index (χ4n) is 1.53. The van der Waals surface area contributed by atoms with Gasteiger partial charge < -0.3 is 14.1 Å². The van der Waals surface area contributed by atoms with Gasteiger partial charge in [0.25, 0.3) is 0 Å². The summed E-state index contributed by atoms with van der Waals surface area (Å²) in [5, 5.41) is 7.73. The maximum Gasteiger partial charge on any atom is 0.318 e. The van der Waals surface area contributed by atoms with Crippen LogP contribution in [0.15, 0.2) is 28.7 Å². The van der Waals surface area contributed by atoms with Crippen LogP contribution in [0.3, 0.4) is 0 Å². The first-order chi connectivity index (χ1) is 8.72. The van der Waals surface area contributed by atoms with Crippen LogP contribution in [0.25, 0.3) is 0 Å². The van der Waals surface area contributed by atoms with Gasteiger partial charge in [-0.2, -0.15) is 0 Å². The molecule has 0 amide bonds. The average molecular weight is 268 g/mol. The Hall–Kier alpha value is -1.75. The number of methoxy groups -OCH3 is 1. The lowest BCUT2D eigenvalue weighted by Crippen LogP contribution is -2.16. The van der Waals surface area contributed by atoms with E-state index in [4.69, 9.17) is 20.8 Å². The molecule has 6 heteroatoms. The summed E-state index contributed by atoms with van der Waals surface area (Å²) in [6.45, 7) is 0.675. The molecule has 0 saturated heterocycles. The molecular weight excluding hydrogens is 254 g/mol. The summed E-state index contributed by atoms with van der Waals surface area (Å²) >= 11 is 5.61. The molecule has 0 aliphatic carbocycles. The van der Waals surface area contributed by atoms with Crippen LogP contribution < -0.4 is 9.64 Å². The van der Waals surface area contributed by atoms with Crippen molar-refractivity contribution in [3.05, 3.63) is 35.7 Å². The van der Waals surface area contributed by atoms with E-state index in [1.807, 2.05) is 36.2 Å². The third kappa shape index (κ3) is 2.92. The second-order valence-electron chi connectivity index (χ2n) is 3.82. The summed E-state index contributed by atoms with van der Waals surface area (Å²) in [4.78, 5) is 1.87.